The predicted octanol–water partition coefficient (Wildman–Crippen LogP) is 2.84. The molecule has 1 aliphatic heterocycles. The first-order valence-corrected chi connectivity index (χ1v) is 8.70. The molecule has 1 aliphatic carbocycles. The summed E-state index contributed by atoms with van der Waals surface area (Å²) in [6, 6.07) is 2.53. The van der Waals surface area contributed by atoms with Gasteiger partial charge in [0.25, 0.3) is 0 Å². The summed E-state index contributed by atoms with van der Waals surface area (Å²) in [5.41, 5.74) is 1.05. The molecular formula is C17H28N4O. The summed E-state index contributed by atoms with van der Waals surface area (Å²) in [6.45, 7) is 6.81. The number of rotatable bonds is 4. The minimum absolute atomic E-state index is 0.109. The summed E-state index contributed by atoms with van der Waals surface area (Å²) in [5.74, 6) is 1.50. The van der Waals surface area contributed by atoms with Crippen molar-refractivity contribution < 1.29 is 4.79 Å². The molecule has 0 bridgehead atoms. The van der Waals surface area contributed by atoms with E-state index in [4.69, 9.17) is 0 Å². The molecule has 5 heteroatoms. The Morgan fingerprint density at radius 2 is 2.00 bits per heavy atom. The molecule has 5 nitrogen and oxygen atoms in total. The summed E-state index contributed by atoms with van der Waals surface area (Å²) >= 11 is 0. The van der Waals surface area contributed by atoms with Gasteiger partial charge in [-0.3, -0.25) is 4.68 Å². The van der Waals surface area contributed by atoms with Gasteiger partial charge in [0.2, 0.25) is 0 Å². The Balaban J connectivity index is 1.42. The van der Waals surface area contributed by atoms with E-state index in [-0.39, 0.29) is 6.03 Å². The number of aromatic nitrogens is 2. The number of nitrogens with zero attached hydrogens (tertiary/aromatic N) is 3. The van der Waals surface area contributed by atoms with Gasteiger partial charge in [0.05, 0.1) is 5.69 Å². The van der Waals surface area contributed by atoms with Crippen LogP contribution in [0.1, 0.15) is 51.3 Å². The number of carbonyl (C=O) groups excluding carboxylic acids is 1. The zero-order valence-corrected chi connectivity index (χ0v) is 13.8. The molecule has 1 saturated carbocycles. The molecule has 0 spiro atoms. The maximum atomic E-state index is 12.3. The summed E-state index contributed by atoms with van der Waals surface area (Å²) in [4.78, 5) is 14.3. The zero-order chi connectivity index (χ0) is 15.5. The number of likely N-dealkylation sites (tertiary alicyclic amines) is 1. The van der Waals surface area contributed by atoms with E-state index in [0.717, 1.165) is 37.0 Å². The molecule has 22 heavy (non-hydrogen) atoms. The van der Waals surface area contributed by atoms with Gasteiger partial charge in [0.15, 0.2) is 0 Å². The highest BCUT2D eigenvalue weighted by Gasteiger charge is 2.36. The highest BCUT2D eigenvalue weighted by atomic mass is 16.2. The SMILES string of the molecule is CC(C)n1ccc(CCNC(=O)N2C[C@@H]3CCCC[C@H]3C2)n1. The number of nitrogens with one attached hydrogen (secondary N) is 1. The highest BCUT2D eigenvalue weighted by Crippen LogP contribution is 2.35. The lowest BCUT2D eigenvalue weighted by molar-refractivity contribution is 0.206. The first-order chi connectivity index (χ1) is 10.6. The van der Waals surface area contributed by atoms with E-state index < -0.39 is 0 Å². The van der Waals surface area contributed by atoms with Crippen molar-refractivity contribution in [1.82, 2.24) is 20.0 Å². The van der Waals surface area contributed by atoms with Gasteiger partial charge in [-0.2, -0.15) is 5.10 Å². The summed E-state index contributed by atoms with van der Waals surface area (Å²) in [7, 11) is 0. The Kier molecular flexibility index (Phi) is 4.69. The lowest BCUT2D eigenvalue weighted by Gasteiger charge is -2.22. The fraction of sp³-hybridized carbons (Fsp3) is 0.765. The third kappa shape index (κ3) is 3.45. The van der Waals surface area contributed by atoms with Crippen molar-refractivity contribution in [3.05, 3.63) is 18.0 Å². The smallest absolute Gasteiger partial charge is 0.317 e. The number of carbonyl (C=O) groups is 1. The third-order valence-electron chi connectivity index (χ3n) is 5.11. The summed E-state index contributed by atoms with van der Waals surface area (Å²) in [6.07, 6.45) is 8.10. The number of hydrogen-bond donors (Lipinski definition) is 1. The zero-order valence-electron chi connectivity index (χ0n) is 13.8. The summed E-state index contributed by atoms with van der Waals surface area (Å²) in [5, 5.41) is 7.57. The van der Waals surface area contributed by atoms with E-state index in [1.54, 1.807) is 0 Å². The number of hydrogen-bond acceptors (Lipinski definition) is 2. The quantitative estimate of drug-likeness (QED) is 0.930. The van der Waals surface area contributed by atoms with Crippen LogP contribution in [-0.2, 0) is 6.42 Å². The van der Waals surface area contributed by atoms with Gasteiger partial charge in [0, 0.05) is 38.3 Å². The monoisotopic (exact) mass is 304 g/mol. The maximum absolute atomic E-state index is 12.3. The number of amides is 2. The predicted molar refractivity (Wildman–Crippen MR) is 86.7 cm³/mol. The van der Waals surface area contributed by atoms with Crippen LogP contribution >= 0.6 is 0 Å². The van der Waals surface area contributed by atoms with Crippen molar-refractivity contribution in [3.8, 4) is 0 Å². The molecule has 0 aromatic carbocycles. The largest absolute Gasteiger partial charge is 0.338 e. The Hall–Kier alpha value is -1.52. The average molecular weight is 304 g/mol. The van der Waals surface area contributed by atoms with Crippen molar-refractivity contribution >= 4 is 6.03 Å². The van der Waals surface area contributed by atoms with Crippen molar-refractivity contribution in [2.75, 3.05) is 19.6 Å². The van der Waals surface area contributed by atoms with E-state index in [1.807, 2.05) is 21.8 Å². The van der Waals surface area contributed by atoms with E-state index in [1.165, 1.54) is 25.7 Å². The second kappa shape index (κ2) is 6.71. The van der Waals surface area contributed by atoms with Crippen molar-refractivity contribution in [2.45, 2.75) is 52.0 Å². The topological polar surface area (TPSA) is 50.2 Å². The van der Waals surface area contributed by atoms with Crippen LogP contribution < -0.4 is 5.32 Å². The van der Waals surface area contributed by atoms with E-state index in [0.29, 0.717) is 12.6 Å². The molecule has 1 N–H and O–H groups in total. The van der Waals surface area contributed by atoms with Crippen LogP contribution in [0.15, 0.2) is 12.3 Å². The highest BCUT2D eigenvalue weighted by molar-refractivity contribution is 5.74. The fourth-order valence-corrected chi connectivity index (χ4v) is 3.78. The molecule has 3 rings (SSSR count). The average Bonchev–Trinajstić information content (AvgIpc) is 3.13. The molecule has 0 radical (unpaired) electrons. The Morgan fingerprint density at radius 3 is 2.59 bits per heavy atom. The lowest BCUT2D eigenvalue weighted by Crippen LogP contribution is -2.39. The number of urea groups is 1. The van der Waals surface area contributed by atoms with Crippen molar-refractivity contribution in [1.29, 1.82) is 0 Å². The van der Waals surface area contributed by atoms with Gasteiger partial charge < -0.3 is 10.2 Å². The molecule has 0 unspecified atom stereocenters. The van der Waals surface area contributed by atoms with Gasteiger partial charge in [0.1, 0.15) is 0 Å². The molecule has 2 atom stereocenters. The molecule has 2 heterocycles. The van der Waals surface area contributed by atoms with Gasteiger partial charge in [-0.25, -0.2) is 4.79 Å². The standard InChI is InChI=1S/C17H28N4O/c1-13(2)21-10-8-16(19-21)7-9-18-17(22)20-11-14-5-3-4-6-15(14)12-20/h8,10,13-15H,3-7,9,11-12H2,1-2H3,(H,18,22)/t14-,15-/m0/s1. The molecule has 122 valence electrons. The molecule has 2 fully saturated rings. The second-order valence-corrected chi connectivity index (χ2v) is 7.07. The molecule has 2 amide bonds. The lowest BCUT2D eigenvalue weighted by atomic mass is 9.82. The summed E-state index contributed by atoms with van der Waals surface area (Å²) < 4.78 is 1.96. The van der Waals surface area contributed by atoms with Crippen LogP contribution in [0.25, 0.3) is 0 Å². The van der Waals surface area contributed by atoms with Gasteiger partial charge in [-0.1, -0.05) is 12.8 Å². The Bertz CT molecular complexity index is 497. The molecule has 1 saturated heterocycles. The fourth-order valence-electron chi connectivity index (χ4n) is 3.78. The van der Waals surface area contributed by atoms with Crippen LogP contribution in [0, 0.1) is 11.8 Å². The van der Waals surface area contributed by atoms with Crippen LogP contribution in [0.5, 0.6) is 0 Å². The Labute approximate surface area is 133 Å². The van der Waals surface area contributed by atoms with E-state index in [2.05, 4.69) is 24.3 Å². The normalized spacial score (nSPS) is 24.6. The Morgan fingerprint density at radius 1 is 1.32 bits per heavy atom. The number of fused-ring (bicyclic) bond motifs is 1. The van der Waals surface area contributed by atoms with Crippen LogP contribution in [-0.4, -0.2) is 40.3 Å². The van der Waals surface area contributed by atoms with Crippen molar-refractivity contribution in [2.24, 2.45) is 11.8 Å². The maximum Gasteiger partial charge on any atom is 0.317 e. The van der Waals surface area contributed by atoms with Crippen molar-refractivity contribution in [3.63, 3.8) is 0 Å². The molecule has 1 aromatic heterocycles. The molecule has 2 aliphatic rings. The van der Waals surface area contributed by atoms with Gasteiger partial charge in [-0.05, 0) is 44.6 Å². The van der Waals surface area contributed by atoms with E-state index in [9.17, 15) is 4.79 Å². The van der Waals surface area contributed by atoms with Crippen LogP contribution in [0.4, 0.5) is 4.79 Å². The van der Waals surface area contributed by atoms with Gasteiger partial charge >= 0.3 is 6.03 Å². The van der Waals surface area contributed by atoms with Crippen LogP contribution in [0.3, 0.4) is 0 Å². The van der Waals surface area contributed by atoms with Crippen LogP contribution in [0.2, 0.25) is 0 Å². The minimum Gasteiger partial charge on any atom is -0.338 e. The molecular weight excluding hydrogens is 276 g/mol. The second-order valence-electron chi connectivity index (χ2n) is 7.07. The first-order valence-electron chi connectivity index (χ1n) is 8.70. The van der Waals surface area contributed by atoms with E-state index >= 15 is 0 Å². The first kappa shape index (κ1) is 15.4. The molecule has 1 aromatic rings. The third-order valence-corrected chi connectivity index (χ3v) is 5.11. The van der Waals surface area contributed by atoms with Gasteiger partial charge in [-0.15, -0.1) is 0 Å². The minimum atomic E-state index is 0.109.